The highest BCUT2D eigenvalue weighted by Crippen LogP contribution is 2.28. The maximum Gasteiger partial charge on any atom is 0.242 e. The van der Waals surface area contributed by atoms with Gasteiger partial charge in [-0.3, -0.25) is 9.59 Å². The minimum Gasteiger partial charge on any atom is -0.354 e. The molecule has 0 aliphatic rings. The van der Waals surface area contributed by atoms with E-state index in [4.69, 9.17) is 23.2 Å². The van der Waals surface area contributed by atoms with E-state index in [0.717, 1.165) is 11.3 Å². The summed E-state index contributed by atoms with van der Waals surface area (Å²) in [6.45, 7) is 6.67. The zero-order valence-electron chi connectivity index (χ0n) is 17.6. The third kappa shape index (κ3) is 6.93. The third-order valence-corrected chi connectivity index (χ3v) is 6.41. The Morgan fingerprint density at radius 3 is 2.27 bits per heavy atom. The van der Waals surface area contributed by atoms with Crippen LogP contribution >= 0.6 is 35.0 Å². The molecular weight excluding hydrogens is 439 g/mol. The molecule has 2 aromatic carbocycles. The third-order valence-electron chi connectivity index (χ3n) is 4.71. The first-order valence-corrected chi connectivity index (χ1v) is 11.8. The van der Waals surface area contributed by atoms with Crippen molar-refractivity contribution in [2.45, 2.75) is 51.1 Å². The fraction of sp³-hybridized carbons (Fsp3) is 0.391. The van der Waals surface area contributed by atoms with Gasteiger partial charge in [0.1, 0.15) is 6.04 Å². The van der Waals surface area contributed by atoms with E-state index in [1.165, 1.54) is 17.3 Å². The number of carbonyl (C=O) groups is 2. The molecule has 4 nitrogen and oxygen atoms in total. The highest BCUT2D eigenvalue weighted by Gasteiger charge is 2.29. The first kappa shape index (κ1) is 24.6. The van der Waals surface area contributed by atoms with E-state index >= 15 is 0 Å². The summed E-state index contributed by atoms with van der Waals surface area (Å²) >= 11 is 14.2. The molecule has 0 radical (unpaired) electrons. The number of rotatable bonds is 10. The van der Waals surface area contributed by atoms with Gasteiger partial charge in [-0.15, -0.1) is 11.8 Å². The van der Waals surface area contributed by atoms with Crippen molar-refractivity contribution in [1.82, 2.24) is 10.2 Å². The average Bonchev–Trinajstić information content (AvgIpc) is 2.73. The van der Waals surface area contributed by atoms with E-state index in [1.54, 1.807) is 23.1 Å². The molecule has 0 aromatic heterocycles. The molecule has 2 amide bonds. The predicted molar refractivity (Wildman–Crippen MR) is 126 cm³/mol. The van der Waals surface area contributed by atoms with Crippen LogP contribution in [0.1, 0.15) is 37.8 Å². The van der Waals surface area contributed by atoms with Crippen LogP contribution in [-0.4, -0.2) is 35.1 Å². The summed E-state index contributed by atoms with van der Waals surface area (Å²) in [5.41, 5.74) is 1.82. The molecule has 0 fully saturated rings. The van der Waals surface area contributed by atoms with Gasteiger partial charge in [0.05, 0.1) is 5.75 Å². The lowest BCUT2D eigenvalue weighted by atomic mass is 10.1. The topological polar surface area (TPSA) is 49.4 Å². The predicted octanol–water partition coefficient (Wildman–Crippen LogP) is 5.73. The Morgan fingerprint density at radius 2 is 1.70 bits per heavy atom. The van der Waals surface area contributed by atoms with Crippen LogP contribution in [0.2, 0.25) is 10.0 Å². The van der Waals surface area contributed by atoms with Crippen LogP contribution in [0.5, 0.6) is 0 Å². The van der Waals surface area contributed by atoms with E-state index in [-0.39, 0.29) is 24.1 Å². The van der Waals surface area contributed by atoms with E-state index in [2.05, 4.69) is 5.32 Å². The van der Waals surface area contributed by atoms with Gasteiger partial charge in [-0.1, -0.05) is 60.8 Å². The molecule has 2 aromatic rings. The van der Waals surface area contributed by atoms with Gasteiger partial charge in [-0.2, -0.15) is 0 Å². The number of hydrogen-bond donors (Lipinski definition) is 1. The molecule has 0 aliphatic carbocycles. The van der Waals surface area contributed by atoms with E-state index < -0.39 is 6.04 Å². The number of benzene rings is 2. The van der Waals surface area contributed by atoms with E-state index in [9.17, 15) is 9.59 Å². The maximum absolute atomic E-state index is 13.2. The first-order valence-electron chi connectivity index (χ1n) is 10.1. The monoisotopic (exact) mass is 466 g/mol. The van der Waals surface area contributed by atoms with Crippen molar-refractivity contribution in [3.05, 3.63) is 63.6 Å². The normalized spacial score (nSPS) is 11.8. The molecule has 0 heterocycles. The van der Waals surface area contributed by atoms with Gasteiger partial charge >= 0.3 is 0 Å². The second kappa shape index (κ2) is 12.2. The minimum atomic E-state index is -0.588. The maximum atomic E-state index is 13.2. The molecule has 2 rings (SSSR count). The lowest BCUT2D eigenvalue weighted by Crippen LogP contribution is -2.49. The molecule has 7 heteroatoms. The highest BCUT2D eigenvalue weighted by molar-refractivity contribution is 8.00. The van der Waals surface area contributed by atoms with Gasteiger partial charge < -0.3 is 10.2 Å². The van der Waals surface area contributed by atoms with Crippen LogP contribution in [0.15, 0.2) is 47.4 Å². The quantitative estimate of drug-likeness (QED) is 0.454. The van der Waals surface area contributed by atoms with Crippen molar-refractivity contribution in [2.24, 2.45) is 0 Å². The highest BCUT2D eigenvalue weighted by atomic mass is 35.5. The van der Waals surface area contributed by atoms with Crippen molar-refractivity contribution in [1.29, 1.82) is 0 Å². The van der Waals surface area contributed by atoms with Crippen LogP contribution in [0.4, 0.5) is 0 Å². The number of amides is 2. The lowest BCUT2D eigenvalue weighted by Gasteiger charge is -2.31. The Labute approximate surface area is 193 Å². The fourth-order valence-electron chi connectivity index (χ4n) is 3.00. The van der Waals surface area contributed by atoms with E-state index in [0.29, 0.717) is 28.6 Å². The average molecular weight is 467 g/mol. The van der Waals surface area contributed by atoms with Crippen molar-refractivity contribution in [3.8, 4) is 0 Å². The van der Waals surface area contributed by atoms with Crippen molar-refractivity contribution < 1.29 is 9.59 Å². The Balaban J connectivity index is 2.25. The molecule has 0 spiro atoms. The molecule has 30 heavy (non-hydrogen) atoms. The lowest BCUT2D eigenvalue weighted by molar-refractivity contribution is -0.139. The standard InChI is InChI=1S/C23H28Cl2N2O2S/c1-4-13-26-23(29)21(5-2)27(14-18-19(24)7-6-8-20(18)25)22(28)15-30-17-11-9-16(3)10-12-17/h6-12,21H,4-5,13-15H2,1-3H3,(H,26,29)/t21-/m1/s1. The fourth-order valence-corrected chi connectivity index (χ4v) is 4.30. The summed E-state index contributed by atoms with van der Waals surface area (Å²) in [5.74, 6) is -0.0610. The van der Waals surface area contributed by atoms with Crippen molar-refractivity contribution in [2.75, 3.05) is 12.3 Å². The second-order valence-corrected chi connectivity index (χ2v) is 8.90. The van der Waals surface area contributed by atoms with Gasteiger partial charge in [-0.05, 0) is 44.0 Å². The molecule has 0 aliphatic heterocycles. The Hall–Kier alpha value is -1.69. The zero-order chi connectivity index (χ0) is 22.1. The molecule has 162 valence electrons. The second-order valence-electron chi connectivity index (χ2n) is 7.04. The van der Waals surface area contributed by atoms with Crippen molar-refractivity contribution >= 4 is 46.8 Å². The van der Waals surface area contributed by atoms with Gasteiger partial charge in [-0.25, -0.2) is 0 Å². The first-order chi connectivity index (χ1) is 14.4. The number of halogens is 2. The van der Waals surface area contributed by atoms with Crippen LogP contribution < -0.4 is 5.32 Å². The summed E-state index contributed by atoms with van der Waals surface area (Å²) in [7, 11) is 0. The molecule has 1 N–H and O–H groups in total. The zero-order valence-corrected chi connectivity index (χ0v) is 19.9. The van der Waals surface area contributed by atoms with Gasteiger partial charge in [0.15, 0.2) is 0 Å². The smallest absolute Gasteiger partial charge is 0.242 e. The summed E-state index contributed by atoms with van der Waals surface area (Å²) in [6.07, 6.45) is 1.33. The number of aryl methyl sites for hydroxylation is 1. The van der Waals surface area contributed by atoms with Crippen LogP contribution in [0.25, 0.3) is 0 Å². The molecule has 0 bridgehead atoms. The van der Waals surface area contributed by atoms with Crippen LogP contribution in [0.3, 0.4) is 0 Å². The van der Waals surface area contributed by atoms with Crippen LogP contribution in [0, 0.1) is 6.92 Å². The molecule has 0 unspecified atom stereocenters. The van der Waals surface area contributed by atoms with Gasteiger partial charge in [0, 0.05) is 33.6 Å². The Bertz CT molecular complexity index is 839. The molecular formula is C23H28Cl2N2O2S. The summed E-state index contributed by atoms with van der Waals surface area (Å²) in [4.78, 5) is 28.6. The number of nitrogens with one attached hydrogen (secondary N) is 1. The Morgan fingerprint density at radius 1 is 1.07 bits per heavy atom. The number of carbonyl (C=O) groups excluding carboxylic acids is 2. The largest absolute Gasteiger partial charge is 0.354 e. The minimum absolute atomic E-state index is 0.130. The summed E-state index contributed by atoms with van der Waals surface area (Å²) < 4.78 is 0. The Kier molecular flexibility index (Phi) is 10.0. The number of hydrogen-bond acceptors (Lipinski definition) is 3. The van der Waals surface area contributed by atoms with E-state index in [1.807, 2.05) is 45.0 Å². The van der Waals surface area contributed by atoms with Gasteiger partial charge in [0.2, 0.25) is 11.8 Å². The SMILES string of the molecule is CCCNC(=O)[C@@H](CC)N(Cc1c(Cl)cccc1Cl)C(=O)CSc1ccc(C)cc1. The summed E-state index contributed by atoms with van der Waals surface area (Å²) in [6, 6.07) is 12.7. The molecule has 0 saturated carbocycles. The van der Waals surface area contributed by atoms with Gasteiger partial charge in [0.25, 0.3) is 0 Å². The molecule has 1 atom stereocenters. The number of thioether (sulfide) groups is 1. The summed E-state index contributed by atoms with van der Waals surface area (Å²) in [5, 5.41) is 3.87. The molecule has 0 saturated heterocycles. The van der Waals surface area contributed by atoms with Crippen LogP contribution in [-0.2, 0) is 16.1 Å². The van der Waals surface area contributed by atoms with Crippen molar-refractivity contribution in [3.63, 3.8) is 0 Å². The number of nitrogens with zero attached hydrogens (tertiary/aromatic N) is 1.